The van der Waals surface area contributed by atoms with E-state index in [9.17, 15) is 0 Å². The van der Waals surface area contributed by atoms with Crippen LogP contribution in [0.15, 0.2) is 52.9 Å². The van der Waals surface area contributed by atoms with Gasteiger partial charge in [0.05, 0.1) is 0 Å². The van der Waals surface area contributed by atoms with Gasteiger partial charge < -0.3 is 0 Å². The molecule has 0 N–H and O–H groups in total. The molecule has 1 aromatic carbocycles. The number of fused-ring (bicyclic) bond motifs is 1. The first-order valence-corrected chi connectivity index (χ1v) is 7.64. The van der Waals surface area contributed by atoms with Crippen molar-refractivity contribution >= 4 is 27.7 Å². The number of halogens is 1. The molecular weight excluding hydrogens is 292 g/mol. The lowest BCUT2D eigenvalue weighted by molar-refractivity contribution is 0.411. The number of thioether (sulfide) groups is 1. The predicted molar refractivity (Wildman–Crippen MR) is 80.8 cm³/mol. The molecule has 0 aliphatic carbocycles. The van der Waals surface area contributed by atoms with Gasteiger partial charge in [-0.15, -0.1) is 24.9 Å². The fourth-order valence-electron chi connectivity index (χ4n) is 2.59. The summed E-state index contributed by atoms with van der Waals surface area (Å²) < 4.78 is 1.16. The fraction of sp³-hybridized carbons (Fsp3) is 0.333. The monoisotopic (exact) mass is 308 g/mol. The standard InChI is InChI=1S/C15H17BrS/c1-3-7-15(8-4-2)9-10-17-14-6-5-12(16)11-13(14)15/h3-6,11H,1-2,7-10H2. The molecule has 0 spiro atoms. The SMILES string of the molecule is C=CCC1(CC=C)CCSc2ccc(Br)cc21. The molecule has 2 heteroatoms. The quantitative estimate of drug-likeness (QED) is 0.677. The van der Waals surface area contributed by atoms with Crippen molar-refractivity contribution in [1.29, 1.82) is 0 Å². The molecule has 0 unspecified atom stereocenters. The van der Waals surface area contributed by atoms with E-state index < -0.39 is 0 Å². The zero-order chi connectivity index (χ0) is 12.3. The summed E-state index contributed by atoms with van der Waals surface area (Å²) >= 11 is 5.55. The molecule has 0 nitrogen and oxygen atoms in total. The molecule has 0 atom stereocenters. The highest BCUT2D eigenvalue weighted by atomic mass is 79.9. The highest BCUT2D eigenvalue weighted by Gasteiger charge is 2.34. The highest BCUT2D eigenvalue weighted by molar-refractivity contribution is 9.10. The van der Waals surface area contributed by atoms with Crippen molar-refractivity contribution in [1.82, 2.24) is 0 Å². The van der Waals surface area contributed by atoms with Crippen LogP contribution in [0.25, 0.3) is 0 Å². The third-order valence-electron chi connectivity index (χ3n) is 3.42. The van der Waals surface area contributed by atoms with Gasteiger partial charge in [0.2, 0.25) is 0 Å². The second-order valence-electron chi connectivity index (χ2n) is 4.50. The van der Waals surface area contributed by atoms with Gasteiger partial charge in [-0.1, -0.05) is 28.1 Å². The van der Waals surface area contributed by atoms with E-state index in [4.69, 9.17) is 0 Å². The third-order valence-corrected chi connectivity index (χ3v) is 4.99. The number of rotatable bonds is 4. The van der Waals surface area contributed by atoms with E-state index in [2.05, 4.69) is 47.3 Å². The van der Waals surface area contributed by atoms with Gasteiger partial charge in [0.15, 0.2) is 0 Å². The Morgan fingerprint density at radius 1 is 1.29 bits per heavy atom. The Balaban J connectivity index is 2.52. The first-order valence-electron chi connectivity index (χ1n) is 5.86. The van der Waals surface area contributed by atoms with E-state index in [0.29, 0.717) is 0 Å². The van der Waals surface area contributed by atoms with E-state index in [1.807, 2.05) is 23.9 Å². The van der Waals surface area contributed by atoms with Crippen LogP contribution in [-0.2, 0) is 5.41 Å². The van der Waals surface area contributed by atoms with Crippen LogP contribution in [0.4, 0.5) is 0 Å². The number of hydrogen-bond donors (Lipinski definition) is 0. The molecule has 1 aromatic rings. The molecule has 1 heterocycles. The van der Waals surface area contributed by atoms with Gasteiger partial charge in [0.25, 0.3) is 0 Å². The Morgan fingerprint density at radius 2 is 2.00 bits per heavy atom. The van der Waals surface area contributed by atoms with E-state index in [-0.39, 0.29) is 5.41 Å². The minimum Gasteiger partial charge on any atom is -0.126 e. The third kappa shape index (κ3) is 2.53. The lowest BCUT2D eigenvalue weighted by Gasteiger charge is -2.38. The zero-order valence-electron chi connectivity index (χ0n) is 9.92. The molecule has 90 valence electrons. The van der Waals surface area contributed by atoms with Crippen LogP contribution in [0.2, 0.25) is 0 Å². The highest BCUT2D eigenvalue weighted by Crippen LogP contribution is 2.47. The molecule has 0 amide bonds. The maximum atomic E-state index is 3.92. The maximum absolute atomic E-state index is 3.92. The second-order valence-corrected chi connectivity index (χ2v) is 6.56. The van der Waals surface area contributed by atoms with Gasteiger partial charge in [-0.25, -0.2) is 0 Å². The minimum atomic E-state index is 0.216. The summed E-state index contributed by atoms with van der Waals surface area (Å²) in [5.74, 6) is 1.19. The van der Waals surface area contributed by atoms with Crippen molar-refractivity contribution in [2.45, 2.75) is 29.6 Å². The molecule has 0 bridgehead atoms. The number of hydrogen-bond acceptors (Lipinski definition) is 1. The van der Waals surface area contributed by atoms with E-state index in [1.54, 1.807) is 0 Å². The first kappa shape index (κ1) is 13.0. The summed E-state index contributed by atoms with van der Waals surface area (Å²) in [7, 11) is 0. The van der Waals surface area contributed by atoms with Crippen molar-refractivity contribution in [3.8, 4) is 0 Å². The van der Waals surface area contributed by atoms with Gasteiger partial charge >= 0.3 is 0 Å². The van der Waals surface area contributed by atoms with Crippen LogP contribution in [0.3, 0.4) is 0 Å². The molecule has 0 aromatic heterocycles. The molecule has 0 saturated heterocycles. The second kappa shape index (κ2) is 5.45. The van der Waals surface area contributed by atoms with Crippen LogP contribution in [0.1, 0.15) is 24.8 Å². The van der Waals surface area contributed by atoms with E-state index in [0.717, 1.165) is 17.3 Å². The molecule has 0 radical (unpaired) electrons. The summed E-state index contributed by atoms with van der Waals surface area (Å²) in [6.07, 6.45) is 7.36. The van der Waals surface area contributed by atoms with Crippen molar-refractivity contribution in [2.75, 3.05) is 5.75 Å². The van der Waals surface area contributed by atoms with Crippen molar-refractivity contribution in [3.63, 3.8) is 0 Å². The van der Waals surface area contributed by atoms with Crippen LogP contribution in [0, 0.1) is 0 Å². The first-order chi connectivity index (χ1) is 8.22. The molecule has 17 heavy (non-hydrogen) atoms. The summed E-state index contributed by atoms with van der Waals surface area (Å²) in [6, 6.07) is 6.63. The normalized spacial score (nSPS) is 17.2. The van der Waals surface area contributed by atoms with E-state index in [1.165, 1.54) is 22.6 Å². The number of benzene rings is 1. The Morgan fingerprint density at radius 3 is 2.65 bits per heavy atom. The Bertz CT molecular complexity index is 427. The van der Waals surface area contributed by atoms with Crippen LogP contribution in [0.5, 0.6) is 0 Å². The van der Waals surface area contributed by atoms with Gasteiger partial charge in [0, 0.05) is 14.8 Å². The smallest absolute Gasteiger partial charge is 0.0179 e. The Labute approximate surface area is 116 Å². The average Bonchev–Trinajstić information content (AvgIpc) is 2.31. The molecule has 0 saturated carbocycles. The van der Waals surface area contributed by atoms with Crippen molar-refractivity contribution in [2.24, 2.45) is 0 Å². The molecule has 1 aliphatic heterocycles. The average molecular weight is 309 g/mol. The topological polar surface area (TPSA) is 0 Å². The Hall–Kier alpha value is -0.470. The number of allylic oxidation sites excluding steroid dienone is 2. The Kier molecular flexibility index (Phi) is 4.16. The molecule has 1 aliphatic rings. The molecule has 2 rings (SSSR count). The van der Waals surface area contributed by atoms with E-state index >= 15 is 0 Å². The van der Waals surface area contributed by atoms with Crippen molar-refractivity contribution in [3.05, 3.63) is 53.5 Å². The van der Waals surface area contributed by atoms with Crippen molar-refractivity contribution < 1.29 is 0 Å². The molecule has 0 fully saturated rings. The van der Waals surface area contributed by atoms with Gasteiger partial charge in [-0.2, -0.15) is 0 Å². The zero-order valence-corrected chi connectivity index (χ0v) is 12.3. The summed E-state index contributed by atoms with van der Waals surface area (Å²) in [5.41, 5.74) is 1.68. The largest absolute Gasteiger partial charge is 0.126 e. The van der Waals surface area contributed by atoms with Gasteiger partial charge in [-0.3, -0.25) is 0 Å². The van der Waals surface area contributed by atoms with Crippen LogP contribution in [-0.4, -0.2) is 5.75 Å². The lowest BCUT2D eigenvalue weighted by atomic mass is 9.72. The maximum Gasteiger partial charge on any atom is 0.0179 e. The minimum absolute atomic E-state index is 0.216. The van der Waals surface area contributed by atoms with Gasteiger partial charge in [-0.05, 0) is 48.8 Å². The summed E-state index contributed by atoms with van der Waals surface area (Å²) in [5, 5.41) is 0. The van der Waals surface area contributed by atoms with Crippen LogP contribution >= 0.6 is 27.7 Å². The fourth-order valence-corrected chi connectivity index (χ4v) is 4.26. The summed E-state index contributed by atoms with van der Waals surface area (Å²) in [4.78, 5) is 1.42. The van der Waals surface area contributed by atoms with Gasteiger partial charge in [0.1, 0.15) is 0 Å². The predicted octanol–water partition coefficient (Wildman–Crippen LogP) is 5.33. The lowest BCUT2D eigenvalue weighted by Crippen LogP contribution is -2.29. The summed E-state index contributed by atoms with van der Waals surface area (Å²) in [6.45, 7) is 7.85. The van der Waals surface area contributed by atoms with Crippen LogP contribution < -0.4 is 0 Å². The molecular formula is C15H17BrS.